The van der Waals surface area contributed by atoms with Crippen molar-refractivity contribution < 1.29 is 181 Å². The van der Waals surface area contributed by atoms with E-state index in [0.717, 1.165) is 38.0 Å². The minimum atomic E-state index is -1.17. The van der Waals surface area contributed by atoms with Gasteiger partial charge in [-0.1, -0.05) is 0 Å². The van der Waals surface area contributed by atoms with Gasteiger partial charge in [-0.15, -0.1) is 0 Å². The van der Waals surface area contributed by atoms with Crippen LogP contribution in [0.1, 0.15) is 141 Å². The zero-order valence-electron chi connectivity index (χ0n) is 84.3. The van der Waals surface area contributed by atoms with Crippen molar-refractivity contribution in [2.45, 2.75) is 141 Å². The minimum Gasteiger partial charge on any atom is -0.380 e. The van der Waals surface area contributed by atoms with Crippen LogP contribution >= 0.6 is 0 Å². The SMILES string of the molecule is O=CCCCCC(=O)NCCOCCCC(=O)NCC(CNC(=O)CCCOCCNC(=O)CCCCC=O)(CNC(=O)CCOCCOCCOCCOCCOCCOCCOCCOCCOCCOCCOCCOCCNC(=O)CCCCC=O)CNC(=O)CCOCCOCCOCCOCCOCCOCCOCCOCCOCCOCCOCCOCCNC(=O)CCCCC=O. The van der Waals surface area contributed by atoms with E-state index in [1.807, 2.05) is 0 Å². The third-order valence-corrected chi connectivity index (χ3v) is 19.3. The number of rotatable bonds is 120. The molecule has 0 bridgehead atoms. The number of nitrogens with one attached hydrogen (secondary N) is 8. The number of hydrogen-bond donors (Lipinski definition) is 8. The predicted octanol–water partition coefficient (Wildman–Crippen LogP) is 0.712. The van der Waals surface area contributed by atoms with Gasteiger partial charge in [0.25, 0.3) is 0 Å². The average molecular weight is 2040 g/mol. The molecule has 141 heavy (non-hydrogen) atoms. The number of aldehydes is 4. The van der Waals surface area contributed by atoms with Crippen molar-refractivity contribution in [3.05, 3.63) is 0 Å². The Morgan fingerprint density at radius 1 is 0.142 bits per heavy atom. The molecule has 0 rings (SSSR count). The van der Waals surface area contributed by atoms with Gasteiger partial charge in [-0.3, -0.25) is 38.4 Å². The lowest BCUT2D eigenvalue weighted by atomic mass is 9.86. The van der Waals surface area contributed by atoms with Gasteiger partial charge in [-0.05, 0) is 64.2 Å². The van der Waals surface area contributed by atoms with Crippen molar-refractivity contribution in [2.24, 2.45) is 5.41 Å². The fourth-order valence-electron chi connectivity index (χ4n) is 11.6. The molecule has 0 saturated heterocycles. The molecule has 0 spiro atoms. The van der Waals surface area contributed by atoms with E-state index in [2.05, 4.69) is 42.5 Å². The number of carbonyl (C=O) groups is 12. The monoisotopic (exact) mass is 2040 g/mol. The summed E-state index contributed by atoms with van der Waals surface area (Å²) in [4.78, 5) is 144. The topological polar surface area (TPSA) is 541 Å². The van der Waals surface area contributed by atoms with Crippen LogP contribution < -0.4 is 42.5 Å². The number of carbonyl (C=O) groups excluding carboxylic acids is 12. The van der Waals surface area contributed by atoms with Crippen LogP contribution in [0.15, 0.2) is 0 Å². The Balaban J connectivity index is 4.73. The van der Waals surface area contributed by atoms with Crippen LogP contribution in [0.3, 0.4) is 0 Å². The minimum absolute atomic E-state index is 0.0422. The normalized spacial score (nSPS) is 11.4. The van der Waals surface area contributed by atoms with Gasteiger partial charge in [0.1, 0.15) is 25.1 Å². The lowest BCUT2D eigenvalue weighted by Gasteiger charge is -2.35. The Bertz CT molecular complexity index is 2670. The molecule has 0 fully saturated rings. The molecular weight excluding hydrogens is 1860 g/mol. The highest BCUT2D eigenvalue weighted by atomic mass is 16.6. The molecule has 0 aliphatic carbocycles. The molecule has 8 amide bonds. The predicted molar refractivity (Wildman–Crippen MR) is 514 cm³/mol. The third kappa shape index (κ3) is 109. The summed E-state index contributed by atoms with van der Waals surface area (Å²) in [5.74, 6) is -1.86. The largest absolute Gasteiger partial charge is 0.380 e. The van der Waals surface area contributed by atoms with Crippen molar-refractivity contribution >= 4 is 72.4 Å². The van der Waals surface area contributed by atoms with Crippen LogP contribution in [0.4, 0.5) is 0 Å². The first-order chi connectivity index (χ1) is 69.4. The molecule has 46 nitrogen and oxygen atoms in total. The maximum atomic E-state index is 13.5. The summed E-state index contributed by atoms with van der Waals surface area (Å²) in [5, 5.41) is 22.8. The number of hydrogen-bond acceptors (Lipinski definition) is 38. The van der Waals surface area contributed by atoms with Crippen molar-refractivity contribution in [3.63, 3.8) is 0 Å². The van der Waals surface area contributed by atoms with E-state index in [0.29, 0.717) is 393 Å². The van der Waals surface area contributed by atoms with Crippen molar-refractivity contribution in [1.82, 2.24) is 42.5 Å². The Hall–Kier alpha value is -6.60. The standard InChI is InChI=1S/C95H176N8O38/c104-27-9-1-5-15-87(108)96-23-35-116-31-13-19-91(112)100-83-95(84-101-92(113)20-14-32-117-36-24-97-88(109)16-6-2-10-28-105,85-102-93(114)21-33-118-39-43-122-47-51-126-55-59-130-63-67-134-71-75-138-79-81-140-77-73-136-69-65-132-61-57-128-53-49-124-45-41-120-37-25-98-89(110)17-7-3-11-29-106)86-103-94(115)22-34-119-40-44-123-48-52-127-56-60-131-64-68-135-72-76-139-80-82-141-78-74-137-70-66-133-62-58-129-54-50-125-46-42-121-38-26-99-90(111)18-8-4-12-30-107/h27-30H,1-26,31-86H2,(H,96,108)(H,97,109)(H,98,110)(H,99,111)(H,100,112)(H,101,113)(H,102,114)(H,103,115). The molecule has 0 aromatic rings. The summed E-state index contributed by atoms with van der Waals surface area (Å²) in [5.41, 5.74) is -1.17. The van der Waals surface area contributed by atoms with Crippen LogP contribution in [0.25, 0.3) is 0 Å². The molecular formula is C95H176N8O38. The van der Waals surface area contributed by atoms with Crippen molar-refractivity contribution in [2.75, 3.05) is 396 Å². The molecule has 8 N–H and O–H groups in total. The Labute approximate surface area is 834 Å². The molecule has 0 aromatic heterocycles. The van der Waals surface area contributed by atoms with Gasteiger partial charge >= 0.3 is 0 Å². The third-order valence-electron chi connectivity index (χ3n) is 19.3. The fourth-order valence-corrected chi connectivity index (χ4v) is 11.6. The lowest BCUT2D eigenvalue weighted by Crippen LogP contribution is -2.57. The van der Waals surface area contributed by atoms with Crippen molar-refractivity contribution in [1.29, 1.82) is 0 Å². The summed E-state index contributed by atoms with van der Waals surface area (Å²) in [6.07, 6.45) is 12.5. The second-order valence-corrected chi connectivity index (χ2v) is 31.3. The molecule has 0 unspecified atom stereocenters. The summed E-state index contributed by atoms with van der Waals surface area (Å²) in [7, 11) is 0. The van der Waals surface area contributed by atoms with E-state index in [4.69, 9.17) is 123 Å². The Kier molecular flexibility index (Phi) is 108. The first-order valence-electron chi connectivity index (χ1n) is 50.3. The highest BCUT2D eigenvalue weighted by molar-refractivity contribution is 5.79. The summed E-state index contributed by atoms with van der Waals surface area (Å²) in [6.45, 7) is 20.0. The van der Waals surface area contributed by atoms with Gasteiger partial charge in [0, 0.05) is 148 Å². The molecule has 0 aliphatic heterocycles. The maximum absolute atomic E-state index is 13.5. The number of amides is 8. The molecule has 0 aromatic carbocycles. The van der Waals surface area contributed by atoms with E-state index >= 15 is 0 Å². The quantitative estimate of drug-likeness (QED) is 0.0307. The van der Waals surface area contributed by atoms with Crippen LogP contribution in [-0.4, -0.2) is 468 Å². The molecule has 0 saturated carbocycles. The average Bonchev–Trinajstić information content (AvgIpc) is 0.850. The Morgan fingerprint density at radius 2 is 0.270 bits per heavy atom. The van der Waals surface area contributed by atoms with Crippen LogP contribution in [-0.2, 0) is 181 Å². The van der Waals surface area contributed by atoms with E-state index in [-0.39, 0.29) is 166 Å². The first kappa shape index (κ1) is 134. The number of unbranched alkanes of at least 4 members (excludes halogenated alkanes) is 8. The smallest absolute Gasteiger partial charge is 0.222 e. The van der Waals surface area contributed by atoms with Crippen molar-refractivity contribution in [3.8, 4) is 0 Å². The maximum Gasteiger partial charge on any atom is 0.222 e. The van der Waals surface area contributed by atoms with Crippen LogP contribution in [0.5, 0.6) is 0 Å². The second kappa shape index (κ2) is 114. The van der Waals surface area contributed by atoms with Gasteiger partial charge in [-0.2, -0.15) is 0 Å². The van der Waals surface area contributed by atoms with Gasteiger partial charge in [0.05, 0.1) is 330 Å². The highest BCUT2D eigenvalue weighted by Crippen LogP contribution is 2.16. The van der Waals surface area contributed by atoms with Gasteiger partial charge in [0.15, 0.2) is 0 Å². The molecule has 0 atom stereocenters. The second-order valence-electron chi connectivity index (χ2n) is 31.3. The fraction of sp³-hybridized carbons (Fsp3) is 0.874. The van der Waals surface area contributed by atoms with E-state index in [1.165, 1.54) is 0 Å². The summed E-state index contributed by atoms with van der Waals surface area (Å²) >= 11 is 0. The molecule has 46 heteroatoms. The number of ether oxygens (including phenoxy) is 26. The summed E-state index contributed by atoms with van der Waals surface area (Å²) < 4.78 is 145. The lowest BCUT2D eigenvalue weighted by molar-refractivity contribution is -0.124. The van der Waals surface area contributed by atoms with E-state index < -0.39 is 17.2 Å². The Morgan fingerprint density at radius 3 is 0.433 bits per heavy atom. The van der Waals surface area contributed by atoms with Crippen LogP contribution in [0, 0.1) is 5.41 Å². The molecule has 0 radical (unpaired) electrons. The van der Waals surface area contributed by atoms with Crippen LogP contribution in [0.2, 0.25) is 0 Å². The molecule has 0 aliphatic rings. The van der Waals surface area contributed by atoms with Gasteiger partial charge in [0.2, 0.25) is 47.3 Å². The first-order valence-corrected chi connectivity index (χ1v) is 50.3. The van der Waals surface area contributed by atoms with E-state index in [9.17, 15) is 57.5 Å². The molecule has 0 heterocycles. The molecule has 824 valence electrons. The highest BCUT2D eigenvalue weighted by Gasteiger charge is 2.33. The van der Waals surface area contributed by atoms with Gasteiger partial charge < -0.3 is 185 Å². The zero-order chi connectivity index (χ0) is 102. The zero-order valence-corrected chi connectivity index (χ0v) is 84.3. The van der Waals surface area contributed by atoms with Gasteiger partial charge in [-0.25, -0.2) is 0 Å². The van der Waals surface area contributed by atoms with E-state index in [1.54, 1.807) is 0 Å². The summed E-state index contributed by atoms with van der Waals surface area (Å²) in [6, 6.07) is 0.